The largest absolute Gasteiger partial charge is 0.506 e. The van der Waals surface area contributed by atoms with Crippen LogP contribution in [0.4, 0.5) is 0 Å². The third-order valence-corrected chi connectivity index (χ3v) is 4.50. The molecule has 0 unspecified atom stereocenters. The number of rotatable bonds is 5. The van der Waals surface area contributed by atoms with Crippen molar-refractivity contribution in [2.24, 2.45) is 0 Å². The number of phenolic OH excluding ortho intramolecular Hbond substituents is 1. The second kappa shape index (κ2) is 11.5. The van der Waals surface area contributed by atoms with Crippen LogP contribution in [-0.4, -0.2) is 33.9 Å². The number of hydrogen-bond acceptors (Lipinski definition) is 7. The van der Waals surface area contributed by atoms with E-state index >= 15 is 0 Å². The van der Waals surface area contributed by atoms with E-state index in [1.807, 2.05) is 6.26 Å². The molecule has 1 N–H and O–H groups in total. The zero-order valence-electron chi connectivity index (χ0n) is 15.6. The predicted octanol–water partition coefficient (Wildman–Crippen LogP) is 5.87. The maximum atomic E-state index is 11.9. The average Bonchev–Trinajstić information content (AvgIpc) is 2.72. The van der Waals surface area contributed by atoms with E-state index in [1.165, 1.54) is 18.0 Å². The molecule has 9 heteroatoms. The van der Waals surface area contributed by atoms with Gasteiger partial charge in [-0.25, -0.2) is 9.78 Å². The van der Waals surface area contributed by atoms with Crippen molar-refractivity contribution < 1.29 is 19.4 Å². The minimum atomic E-state index is -0.535. The molecule has 0 aliphatic carbocycles. The van der Waals surface area contributed by atoms with E-state index in [1.54, 1.807) is 55.5 Å². The van der Waals surface area contributed by atoms with E-state index in [9.17, 15) is 4.79 Å². The fourth-order valence-corrected chi connectivity index (χ4v) is 2.60. The number of carbonyl (C=O) groups excluding carboxylic acids is 1. The van der Waals surface area contributed by atoms with Crippen LogP contribution in [0.1, 0.15) is 17.3 Å². The van der Waals surface area contributed by atoms with Crippen LogP contribution < -0.4 is 4.74 Å². The van der Waals surface area contributed by atoms with Gasteiger partial charge in [-0.1, -0.05) is 59.2 Å². The highest BCUT2D eigenvalue weighted by Crippen LogP contribution is 2.30. The van der Waals surface area contributed by atoms with Crippen LogP contribution in [0, 0.1) is 0 Å². The van der Waals surface area contributed by atoms with Crippen LogP contribution in [0.3, 0.4) is 0 Å². The van der Waals surface area contributed by atoms with Crippen molar-refractivity contribution in [3.8, 4) is 17.4 Å². The first-order valence-electron chi connectivity index (χ1n) is 8.40. The van der Waals surface area contributed by atoms with Gasteiger partial charge in [0.2, 0.25) is 5.88 Å². The van der Waals surface area contributed by atoms with Gasteiger partial charge in [-0.2, -0.15) is 4.98 Å². The Morgan fingerprint density at radius 2 is 1.76 bits per heavy atom. The molecule has 0 bridgehead atoms. The molecule has 1 heterocycles. The Bertz CT molecular complexity index is 952. The summed E-state index contributed by atoms with van der Waals surface area (Å²) >= 11 is 12.9. The van der Waals surface area contributed by atoms with Crippen molar-refractivity contribution in [1.82, 2.24) is 9.97 Å². The fraction of sp³-hybridized carbons (Fsp3) is 0.150. The molecule has 0 aliphatic rings. The van der Waals surface area contributed by atoms with Gasteiger partial charge in [0.15, 0.2) is 5.16 Å². The molecule has 0 saturated heterocycles. The van der Waals surface area contributed by atoms with E-state index in [-0.39, 0.29) is 23.8 Å². The molecule has 0 amide bonds. The Kier molecular flexibility index (Phi) is 9.05. The molecule has 0 aliphatic heterocycles. The Balaban J connectivity index is 0.000000313. The summed E-state index contributed by atoms with van der Waals surface area (Å²) in [6.45, 7) is 1.98. The summed E-state index contributed by atoms with van der Waals surface area (Å²) < 4.78 is 10.6. The van der Waals surface area contributed by atoms with Crippen LogP contribution in [0.2, 0.25) is 10.0 Å². The monoisotopic (exact) mass is 452 g/mol. The molecule has 0 atom stereocenters. The van der Waals surface area contributed by atoms with E-state index < -0.39 is 5.97 Å². The highest BCUT2D eigenvalue weighted by Gasteiger charge is 2.18. The molecule has 1 aromatic heterocycles. The molecule has 2 aromatic carbocycles. The summed E-state index contributed by atoms with van der Waals surface area (Å²) in [5.74, 6) is 0.137. The molecular weight excluding hydrogens is 435 g/mol. The topological polar surface area (TPSA) is 81.5 Å². The van der Waals surface area contributed by atoms with E-state index in [4.69, 9.17) is 37.8 Å². The van der Waals surface area contributed by atoms with Crippen LogP contribution >= 0.6 is 35.0 Å². The standard InChI is InChI=1S/C14H13ClN2O3S.C6H5ClO/c1-3-19-13(18)9-8-16-14(21-2)17-12(9)20-11-7-5-4-6-10(11)15;7-5-3-1-2-4-6(5)8/h4-8H,3H2,1-2H3;1-4,8H. The first-order chi connectivity index (χ1) is 14.0. The van der Waals surface area contributed by atoms with Crippen LogP contribution in [0.25, 0.3) is 0 Å². The number of nitrogens with zero attached hydrogens (tertiary/aromatic N) is 2. The highest BCUT2D eigenvalue weighted by molar-refractivity contribution is 7.98. The number of ether oxygens (including phenoxy) is 2. The van der Waals surface area contributed by atoms with Crippen molar-refractivity contribution in [2.45, 2.75) is 12.1 Å². The number of hydrogen-bond donors (Lipinski definition) is 1. The number of aromatic hydroxyl groups is 1. The Labute approximate surface area is 182 Å². The number of para-hydroxylation sites is 2. The van der Waals surface area contributed by atoms with Crippen LogP contribution in [-0.2, 0) is 4.74 Å². The molecule has 0 fully saturated rings. The maximum Gasteiger partial charge on any atom is 0.345 e. The van der Waals surface area contributed by atoms with Crippen molar-refractivity contribution in [2.75, 3.05) is 12.9 Å². The number of halogens is 2. The van der Waals surface area contributed by atoms with Crippen molar-refractivity contribution in [3.63, 3.8) is 0 Å². The molecule has 29 heavy (non-hydrogen) atoms. The van der Waals surface area contributed by atoms with Gasteiger partial charge in [-0.15, -0.1) is 0 Å². The summed E-state index contributed by atoms with van der Waals surface area (Å²) in [6.07, 6.45) is 3.22. The van der Waals surface area contributed by atoms with Crippen molar-refractivity contribution >= 4 is 40.9 Å². The molecule has 0 radical (unpaired) electrons. The molecule has 3 rings (SSSR count). The first-order valence-corrected chi connectivity index (χ1v) is 10.4. The van der Waals surface area contributed by atoms with Gasteiger partial charge in [-0.3, -0.25) is 0 Å². The third kappa shape index (κ3) is 6.81. The number of carbonyl (C=O) groups is 1. The van der Waals surface area contributed by atoms with Gasteiger partial charge in [0.05, 0.1) is 16.7 Å². The highest BCUT2D eigenvalue weighted by atomic mass is 35.5. The van der Waals surface area contributed by atoms with E-state index in [0.717, 1.165) is 0 Å². The van der Waals surface area contributed by atoms with Gasteiger partial charge in [0, 0.05) is 6.20 Å². The molecule has 6 nitrogen and oxygen atoms in total. The number of benzene rings is 2. The summed E-state index contributed by atoms with van der Waals surface area (Å²) in [7, 11) is 0. The fourth-order valence-electron chi connectivity index (χ4n) is 1.96. The minimum absolute atomic E-state index is 0.126. The third-order valence-electron chi connectivity index (χ3n) is 3.31. The lowest BCUT2D eigenvalue weighted by Crippen LogP contribution is -2.09. The van der Waals surface area contributed by atoms with Gasteiger partial charge in [-0.05, 0) is 37.4 Å². The van der Waals surface area contributed by atoms with E-state index in [2.05, 4.69) is 9.97 Å². The number of phenols is 1. The van der Waals surface area contributed by atoms with Crippen LogP contribution in [0.15, 0.2) is 59.9 Å². The lowest BCUT2D eigenvalue weighted by atomic mass is 10.3. The zero-order chi connectivity index (χ0) is 21.2. The quantitative estimate of drug-likeness (QED) is 0.294. The van der Waals surface area contributed by atoms with E-state index in [0.29, 0.717) is 21.0 Å². The Morgan fingerprint density at radius 1 is 1.10 bits per heavy atom. The molecule has 0 saturated carbocycles. The first kappa shape index (κ1) is 22.8. The minimum Gasteiger partial charge on any atom is -0.506 e. The van der Waals surface area contributed by atoms with Gasteiger partial charge >= 0.3 is 5.97 Å². The zero-order valence-corrected chi connectivity index (χ0v) is 18.0. The van der Waals surface area contributed by atoms with Crippen molar-refractivity contribution in [3.05, 3.63) is 70.3 Å². The summed E-state index contributed by atoms with van der Waals surface area (Å²) in [5.41, 5.74) is 0.162. The van der Waals surface area contributed by atoms with Crippen molar-refractivity contribution in [1.29, 1.82) is 0 Å². The smallest absolute Gasteiger partial charge is 0.345 e. The van der Waals surface area contributed by atoms with Crippen LogP contribution in [0.5, 0.6) is 17.4 Å². The lowest BCUT2D eigenvalue weighted by Gasteiger charge is -2.10. The molecule has 152 valence electrons. The summed E-state index contributed by atoms with van der Waals surface area (Å²) in [5, 5.41) is 10.1. The van der Waals surface area contributed by atoms with Gasteiger partial charge in [0.25, 0.3) is 0 Å². The summed E-state index contributed by atoms with van der Waals surface area (Å²) in [6, 6.07) is 13.6. The number of esters is 1. The summed E-state index contributed by atoms with van der Waals surface area (Å²) in [4.78, 5) is 20.2. The predicted molar refractivity (Wildman–Crippen MR) is 114 cm³/mol. The lowest BCUT2D eigenvalue weighted by molar-refractivity contribution is 0.0521. The second-order valence-corrected chi connectivity index (χ2v) is 6.87. The maximum absolute atomic E-state index is 11.9. The SMILES string of the molecule is CCOC(=O)c1cnc(SC)nc1Oc1ccccc1Cl.Oc1ccccc1Cl. The Hall–Kier alpha value is -2.48. The molecular formula is C20H18Cl2N2O4S. The molecule has 3 aromatic rings. The average molecular weight is 453 g/mol. The normalized spacial score (nSPS) is 9.93. The van der Waals surface area contributed by atoms with Gasteiger partial charge < -0.3 is 14.6 Å². The number of aromatic nitrogens is 2. The molecule has 0 spiro atoms. The van der Waals surface area contributed by atoms with Gasteiger partial charge in [0.1, 0.15) is 17.1 Å². The number of thioether (sulfide) groups is 1. The second-order valence-electron chi connectivity index (χ2n) is 5.28. The Morgan fingerprint density at radius 3 is 2.31 bits per heavy atom.